The van der Waals surface area contributed by atoms with Crippen molar-refractivity contribution in [1.82, 2.24) is 10.2 Å². The molecule has 1 saturated heterocycles. The second-order valence-electron chi connectivity index (χ2n) is 5.07. The molecule has 0 aromatic carbocycles. The Kier molecular flexibility index (Phi) is 9.38. The number of nitrogens with zero attached hydrogens (tertiary/aromatic N) is 1. The summed E-state index contributed by atoms with van der Waals surface area (Å²) in [5.41, 5.74) is 0. The van der Waals surface area contributed by atoms with Crippen LogP contribution in [0.3, 0.4) is 0 Å². The largest absolute Gasteiger partial charge is 0.481 e. The molecule has 0 bridgehead atoms. The van der Waals surface area contributed by atoms with Gasteiger partial charge in [0.05, 0.1) is 6.42 Å². The molecular formula is C14H24N2O4S2. The van der Waals surface area contributed by atoms with E-state index in [0.29, 0.717) is 25.3 Å². The summed E-state index contributed by atoms with van der Waals surface area (Å²) in [5.74, 6) is 0.498. The zero-order chi connectivity index (χ0) is 16.4. The van der Waals surface area contributed by atoms with Gasteiger partial charge in [0.2, 0.25) is 11.8 Å². The molecule has 1 aliphatic heterocycles. The maximum Gasteiger partial charge on any atom is 0.304 e. The zero-order valence-electron chi connectivity index (χ0n) is 12.9. The monoisotopic (exact) mass is 348 g/mol. The van der Waals surface area contributed by atoms with Gasteiger partial charge in [-0.3, -0.25) is 14.4 Å². The first-order chi connectivity index (χ1) is 10.6. The van der Waals surface area contributed by atoms with Gasteiger partial charge in [-0.15, -0.1) is 0 Å². The number of amides is 2. The molecule has 8 heteroatoms. The topological polar surface area (TPSA) is 86.7 Å². The Bertz CT molecular complexity index is 393. The van der Waals surface area contributed by atoms with Crippen molar-refractivity contribution in [2.45, 2.75) is 45.1 Å². The van der Waals surface area contributed by atoms with Crippen molar-refractivity contribution in [2.24, 2.45) is 0 Å². The van der Waals surface area contributed by atoms with Crippen molar-refractivity contribution in [3.63, 3.8) is 0 Å². The highest BCUT2D eigenvalue weighted by Crippen LogP contribution is 2.21. The van der Waals surface area contributed by atoms with E-state index < -0.39 is 5.97 Å². The van der Waals surface area contributed by atoms with E-state index in [1.54, 1.807) is 15.7 Å². The maximum atomic E-state index is 12.1. The van der Waals surface area contributed by atoms with Gasteiger partial charge in [-0.25, -0.2) is 0 Å². The molecule has 1 atom stereocenters. The third-order valence-electron chi connectivity index (χ3n) is 3.31. The van der Waals surface area contributed by atoms with Crippen LogP contribution in [0.1, 0.15) is 39.0 Å². The molecule has 0 aliphatic carbocycles. The van der Waals surface area contributed by atoms with Crippen LogP contribution in [0.4, 0.5) is 0 Å². The summed E-state index contributed by atoms with van der Waals surface area (Å²) in [6.07, 6.45) is 3.07. The molecule has 0 saturated carbocycles. The van der Waals surface area contributed by atoms with Crippen molar-refractivity contribution in [1.29, 1.82) is 0 Å². The molecule has 1 aliphatic rings. The van der Waals surface area contributed by atoms with E-state index in [2.05, 4.69) is 5.32 Å². The van der Waals surface area contributed by atoms with Gasteiger partial charge in [-0.05, 0) is 19.3 Å². The molecule has 0 aromatic heterocycles. The highest BCUT2D eigenvalue weighted by Gasteiger charge is 2.33. The molecule has 2 N–H and O–H groups in total. The minimum absolute atomic E-state index is 0.0683. The fourth-order valence-corrected chi connectivity index (χ4v) is 4.16. The molecule has 1 fully saturated rings. The van der Waals surface area contributed by atoms with Gasteiger partial charge in [0.1, 0.15) is 6.04 Å². The Morgan fingerprint density at radius 2 is 1.95 bits per heavy atom. The van der Waals surface area contributed by atoms with Crippen LogP contribution in [-0.4, -0.2) is 58.4 Å². The Morgan fingerprint density at radius 1 is 1.23 bits per heavy atom. The molecule has 2 amide bonds. The Hall–Kier alpha value is -0.890. The molecule has 1 unspecified atom stereocenters. The lowest BCUT2D eigenvalue weighted by Gasteiger charge is -2.23. The zero-order valence-corrected chi connectivity index (χ0v) is 14.5. The van der Waals surface area contributed by atoms with Gasteiger partial charge in [-0.2, -0.15) is 0 Å². The standard InChI is InChI=1S/C14H24N2O4S2/c1-2-4-12(17)16-8-3-5-11(16)14(20)15-7-10-22-21-9-6-13(18)19/h11H,2-10H2,1H3,(H,15,20)(H,18,19). The second-order valence-corrected chi connectivity index (χ2v) is 7.78. The Morgan fingerprint density at radius 3 is 2.64 bits per heavy atom. The van der Waals surface area contributed by atoms with E-state index in [9.17, 15) is 14.4 Å². The SMILES string of the molecule is CCCC(=O)N1CCCC1C(=O)NCCSSCCC(=O)O. The van der Waals surface area contributed by atoms with Crippen LogP contribution in [0.5, 0.6) is 0 Å². The smallest absolute Gasteiger partial charge is 0.304 e. The predicted octanol–water partition coefficient (Wildman–Crippen LogP) is 1.75. The summed E-state index contributed by atoms with van der Waals surface area (Å²) in [6, 6.07) is -0.316. The fraction of sp³-hybridized carbons (Fsp3) is 0.786. The average Bonchev–Trinajstić information content (AvgIpc) is 2.95. The maximum absolute atomic E-state index is 12.1. The molecule has 0 spiro atoms. The minimum atomic E-state index is -0.792. The molecule has 6 nitrogen and oxygen atoms in total. The van der Waals surface area contributed by atoms with Crippen molar-refractivity contribution in [3.8, 4) is 0 Å². The van der Waals surface area contributed by atoms with Crippen LogP contribution >= 0.6 is 21.6 Å². The first-order valence-corrected chi connectivity index (χ1v) is 10.1. The quantitative estimate of drug-likeness (QED) is 0.462. The van der Waals surface area contributed by atoms with Crippen LogP contribution in [-0.2, 0) is 14.4 Å². The van der Waals surface area contributed by atoms with Crippen LogP contribution in [0.25, 0.3) is 0 Å². The minimum Gasteiger partial charge on any atom is -0.481 e. The van der Waals surface area contributed by atoms with Crippen LogP contribution in [0, 0.1) is 0 Å². The number of carbonyl (C=O) groups is 3. The van der Waals surface area contributed by atoms with Crippen LogP contribution < -0.4 is 5.32 Å². The van der Waals surface area contributed by atoms with E-state index in [-0.39, 0.29) is 24.3 Å². The number of rotatable bonds is 10. The second kappa shape index (κ2) is 10.8. The summed E-state index contributed by atoms with van der Waals surface area (Å²) in [7, 11) is 3.05. The Balaban J connectivity index is 2.18. The molecule has 126 valence electrons. The summed E-state index contributed by atoms with van der Waals surface area (Å²) < 4.78 is 0. The molecule has 1 rings (SSSR count). The number of hydrogen-bond acceptors (Lipinski definition) is 5. The molecule has 1 heterocycles. The Labute approximate surface area is 139 Å². The number of carboxylic acids is 1. The van der Waals surface area contributed by atoms with Gasteiger partial charge in [0.15, 0.2) is 0 Å². The van der Waals surface area contributed by atoms with E-state index >= 15 is 0 Å². The van der Waals surface area contributed by atoms with E-state index in [1.807, 2.05) is 6.92 Å². The highest BCUT2D eigenvalue weighted by atomic mass is 33.1. The number of carboxylic acid groups (broad SMARTS) is 1. The summed E-state index contributed by atoms with van der Waals surface area (Å²) >= 11 is 0. The van der Waals surface area contributed by atoms with Crippen LogP contribution in [0.2, 0.25) is 0 Å². The molecule has 0 radical (unpaired) electrons. The number of aliphatic carboxylic acids is 1. The lowest BCUT2D eigenvalue weighted by Crippen LogP contribution is -2.46. The predicted molar refractivity (Wildman–Crippen MR) is 89.8 cm³/mol. The number of nitrogens with one attached hydrogen (secondary N) is 1. The molecule has 22 heavy (non-hydrogen) atoms. The van der Waals surface area contributed by atoms with Crippen molar-refractivity contribution in [2.75, 3.05) is 24.6 Å². The lowest BCUT2D eigenvalue weighted by atomic mass is 10.2. The number of hydrogen-bond donors (Lipinski definition) is 2. The van der Waals surface area contributed by atoms with Gasteiger partial charge in [-0.1, -0.05) is 28.5 Å². The third-order valence-corrected chi connectivity index (χ3v) is 5.72. The van der Waals surface area contributed by atoms with Crippen molar-refractivity contribution >= 4 is 39.4 Å². The molecule has 0 aromatic rings. The number of likely N-dealkylation sites (tertiary alicyclic amines) is 1. The normalized spacial score (nSPS) is 17.5. The van der Waals surface area contributed by atoms with Crippen molar-refractivity contribution in [3.05, 3.63) is 0 Å². The number of carbonyl (C=O) groups excluding carboxylic acids is 2. The first kappa shape index (κ1) is 19.2. The third kappa shape index (κ3) is 6.91. The average molecular weight is 348 g/mol. The van der Waals surface area contributed by atoms with Gasteiger partial charge in [0, 0.05) is 31.0 Å². The van der Waals surface area contributed by atoms with E-state index in [4.69, 9.17) is 5.11 Å². The summed E-state index contributed by atoms with van der Waals surface area (Å²) in [4.78, 5) is 36.1. The van der Waals surface area contributed by atoms with Gasteiger partial charge in [0.25, 0.3) is 0 Å². The highest BCUT2D eigenvalue weighted by molar-refractivity contribution is 8.76. The first-order valence-electron chi connectivity index (χ1n) is 7.59. The van der Waals surface area contributed by atoms with Crippen LogP contribution in [0.15, 0.2) is 0 Å². The van der Waals surface area contributed by atoms with Gasteiger partial charge < -0.3 is 15.3 Å². The fourth-order valence-electron chi connectivity index (χ4n) is 2.28. The molecular weight excluding hydrogens is 324 g/mol. The van der Waals surface area contributed by atoms with Crippen molar-refractivity contribution < 1.29 is 19.5 Å². The lowest BCUT2D eigenvalue weighted by molar-refractivity contribution is -0.138. The summed E-state index contributed by atoms with van der Waals surface area (Å²) in [6.45, 7) is 3.18. The van der Waals surface area contributed by atoms with Gasteiger partial charge >= 0.3 is 5.97 Å². The summed E-state index contributed by atoms with van der Waals surface area (Å²) in [5, 5.41) is 11.4. The van der Waals surface area contributed by atoms with E-state index in [1.165, 1.54) is 10.8 Å². The van der Waals surface area contributed by atoms with E-state index in [0.717, 1.165) is 25.0 Å².